The Morgan fingerprint density at radius 3 is 2.36 bits per heavy atom. The van der Waals surface area contributed by atoms with E-state index >= 15 is 0 Å². The van der Waals surface area contributed by atoms with Crippen LogP contribution in [-0.2, 0) is 16.1 Å². The molecule has 0 aliphatic carbocycles. The molecule has 4 aromatic carbocycles. The van der Waals surface area contributed by atoms with Gasteiger partial charge in [-0.15, -0.1) is 0 Å². The van der Waals surface area contributed by atoms with E-state index in [2.05, 4.69) is 0 Å². The zero-order chi connectivity index (χ0) is 32.9. The highest BCUT2D eigenvalue weighted by Crippen LogP contribution is 2.36. The van der Waals surface area contributed by atoms with E-state index in [0.717, 1.165) is 16.7 Å². The second-order valence-electron chi connectivity index (χ2n) is 10.5. The predicted octanol–water partition coefficient (Wildman–Crippen LogP) is 7.22. The number of benzene rings is 4. The van der Waals surface area contributed by atoms with Gasteiger partial charge in [-0.25, -0.2) is 9.79 Å². The van der Waals surface area contributed by atoms with Gasteiger partial charge in [-0.1, -0.05) is 101 Å². The minimum absolute atomic E-state index is 0.170. The topological polar surface area (TPSA) is 79.1 Å². The molecule has 0 fully saturated rings. The molecule has 7 nitrogen and oxygen atoms in total. The molecule has 1 aliphatic heterocycles. The maximum atomic E-state index is 14.3. The van der Waals surface area contributed by atoms with Gasteiger partial charge in [0.2, 0.25) is 0 Å². The van der Waals surface area contributed by atoms with Crippen molar-refractivity contribution in [3.63, 3.8) is 0 Å². The van der Waals surface area contributed by atoms with Gasteiger partial charge in [-0.3, -0.25) is 9.36 Å². The Morgan fingerprint density at radius 1 is 0.894 bits per heavy atom. The fraction of sp³-hybridized carbons (Fsp3) is 0.162. The Bertz CT molecular complexity index is 2140. The first-order valence-electron chi connectivity index (χ1n) is 15.0. The fourth-order valence-electron chi connectivity index (χ4n) is 5.33. The number of esters is 1. The van der Waals surface area contributed by atoms with Crippen molar-refractivity contribution in [2.75, 3.05) is 13.2 Å². The van der Waals surface area contributed by atoms with E-state index in [1.165, 1.54) is 11.3 Å². The standard InChI is InChI=1S/C37H30Cl2N2O5S/c1-3-44-27-17-15-25(16-18-27)34-32(36(43)45-4-2)33(24-10-6-5-7-11-24)40-37-41(34)35(42)31(47-37)21-26-12-8-9-13-30(26)46-22-23-14-19-28(38)29(39)20-23/h5-21,34H,3-4,22H2,1-2H3/b31-21-/t34-/m0/s1. The molecule has 0 bridgehead atoms. The van der Waals surface area contributed by atoms with Crippen molar-refractivity contribution in [1.82, 2.24) is 4.57 Å². The number of aromatic nitrogens is 1. The van der Waals surface area contributed by atoms with Gasteiger partial charge in [0, 0.05) is 11.1 Å². The molecule has 0 N–H and O–H groups in total. The van der Waals surface area contributed by atoms with Crippen LogP contribution in [-0.4, -0.2) is 23.8 Å². The largest absolute Gasteiger partial charge is 0.494 e. The summed E-state index contributed by atoms with van der Waals surface area (Å²) in [6.07, 6.45) is 1.79. The molecule has 0 spiro atoms. The predicted molar refractivity (Wildman–Crippen MR) is 186 cm³/mol. The number of nitrogens with zero attached hydrogens (tertiary/aromatic N) is 2. The van der Waals surface area contributed by atoms with Gasteiger partial charge in [-0.2, -0.15) is 0 Å². The number of halogens is 2. The lowest BCUT2D eigenvalue weighted by molar-refractivity contribution is -0.138. The molecule has 1 aromatic heterocycles. The molecule has 1 atom stereocenters. The summed E-state index contributed by atoms with van der Waals surface area (Å²) in [5, 5.41) is 0.914. The first kappa shape index (κ1) is 32.3. The SMILES string of the molecule is CCOC(=O)C1=C(c2ccccc2)N=c2s/c(=C\c3ccccc3OCc3ccc(Cl)c(Cl)c3)c(=O)n2[C@H]1c1ccc(OCC)cc1. The lowest BCUT2D eigenvalue weighted by Crippen LogP contribution is -2.40. The van der Waals surface area contributed by atoms with E-state index in [1.807, 2.05) is 91.9 Å². The van der Waals surface area contributed by atoms with Gasteiger partial charge in [0.05, 0.1) is 45.1 Å². The van der Waals surface area contributed by atoms with Crippen molar-refractivity contribution in [2.24, 2.45) is 4.99 Å². The van der Waals surface area contributed by atoms with Crippen molar-refractivity contribution in [3.05, 3.63) is 155 Å². The molecule has 5 aromatic rings. The summed E-state index contributed by atoms with van der Waals surface area (Å²) in [6.45, 7) is 4.60. The average molecular weight is 686 g/mol. The summed E-state index contributed by atoms with van der Waals surface area (Å²) in [7, 11) is 0. The first-order chi connectivity index (χ1) is 22.9. The number of rotatable bonds is 10. The van der Waals surface area contributed by atoms with Gasteiger partial charge in [0.15, 0.2) is 4.80 Å². The number of para-hydroxylation sites is 1. The highest BCUT2D eigenvalue weighted by Gasteiger charge is 2.35. The second-order valence-corrected chi connectivity index (χ2v) is 12.3. The van der Waals surface area contributed by atoms with Gasteiger partial charge < -0.3 is 14.2 Å². The van der Waals surface area contributed by atoms with E-state index in [-0.39, 0.29) is 24.3 Å². The Hall–Kier alpha value is -4.63. The summed E-state index contributed by atoms with van der Waals surface area (Å²) >= 11 is 13.5. The average Bonchev–Trinajstić information content (AvgIpc) is 3.40. The smallest absolute Gasteiger partial charge is 0.338 e. The monoisotopic (exact) mass is 684 g/mol. The molecular formula is C37H30Cl2N2O5S. The number of carbonyl (C=O) groups excluding carboxylic acids is 1. The number of hydrogen-bond donors (Lipinski definition) is 0. The zero-order valence-corrected chi connectivity index (χ0v) is 27.9. The molecule has 0 unspecified atom stereocenters. The molecule has 0 saturated carbocycles. The quantitative estimate of drug-likeness (QED) is 0.145. The number of thiazole rings is 1. The van der Waals surface area contributed by atoms with Crippen molar-refractivity contribution in [2.45, 2.75) is 26.5 Å². The zero-order valence-electron chi connectivity index (χ0n) is 25.6. The van der Waals surface area contributed by atoms with Crippen LogP contribution in [0.4, 0.5) is 0 Å². The Kier molecular flexibility index (Phi) is 9.92. The summed E-state index contributed by atoms with van der Waals surface area (Å²) in [5.74, 6) is 0.736. The highest BCUT2D eigenvalue weighted by molar-refractivity contribution is 7.07. The van der Waals surface area contributed by atoms with Crippen molar-refractivity contribution >= 4 is 52.3 Å². The minimum Gasteiger partial charge on any atom is -0.494 e. The lowest BCUT2D eigenvalue weighted by atomic mass is 9.93. The maximum Gasteiger partial charge on any atom is 0.338 e. The third-order valence-corrected chi connectivity index (χ3v) is 9.19. The lowest BCUT2D eigenvalue weighted by Gasteiger charge is -2.26. The summed E-state index contributed by atoms with van der Waals surface area (Å²) in [5.41, 5.74) is 3.48. The normalized spacial score (nSPS) is 14.4. The third kappa shape index (κ3) is 6.90. The number of fused-ring (bicyclic) bond motifs is 1. The van der Waals surface area contributed by atoms with Crippen LogP contribution in [0.5, 0.6) is 11.5 Å². The fourth-order valence-corrected chi connectivity index (χ4v) is 6.64. The van der Waals surface area contributed by atoms with Gasteiger partial charge in [0.25, 0.3) is 5.56 Å². The second kappa shape index (κ2) is 14.4. The van der Waals surface area contributed by atoms with Crippen molar-refractivity contribution in [3.8, 4) is 11.5 Å². The summed E-state index contributed by atoms with van der Waals surface area (Å²) in [6, 6.07) is 28.9. The van der Waals surface area contributed by atoms with E-state index in [1.54, 1.807) is 29.7 Å². The number of hydrogen-bond acceptors (Lipinski definition) is 7. The van der Waals surface area contributed by atoms with Gasteiger partial charge in [-0.05, 0) is 61.4 Å². The van der Waals surface area contributed by atoms with Crippen LogP contribution in [0, 0.1) is 0 Å². The van der Waals surface area contributed by atoms with Crippen LogP contribution in [0.2, 0.25) is 10.0 Å². The molecule has 10 heteroatoms. The maximum absolute atomic E-state index is 14.3. The Morgan fingerprint density at radius 2 is 1.64 bits per heavy atom. The molecule has 47 heavy (non-hydrogen) atoms. The van der Waals surface area contributed by atoms with Crippen LogP contribution < -0.4 is 24.4 Å². The molecule has 1 aliphatic rings. The van der Waals surface area contributed by atoms with Crippen molar-refractivity contribution in [1.29, 1.82) is 0 Å². The van der Waals surface area contributed by atoms with Crippen LogP contribution in [0.25, 0.3) is 11.8 Å². The van der Waals surface area contributed by atoms with Crippen LogP contribution >= 0.6 is 34.5 Å². The van der Waals surface area contributed by atoms with E-state index in [9.17, 15) is 9.59 Å². The number of carbonyl (C=O) groups is 1. The summed E-state index contributed by atoms with van der Waals surface area (Å²) in [4.78, 5) is 33.4. The van der Waals surface area contributed by atoms with Crippen molar-refractivity contribution < 1.29 is 19.0 Å². The minimum atomic E-state index is -0.792. The van der Waals surface area contributed by atoms with E-state index in [4.69, 9.17) is 42.4 Å². The third-order valence-electron chi connectivity index (χ3n) is 7.46. The molecule has 0 amide bonds. The van der Waals surface area contributed by atoms with Gasteiger partial charge >= 0.3 is 5.97 Å². The summed E-state index contributed by atoms with van der Waals surface area (Å²) < 4.78 is 19.4. The number of ether oxygens (including phenoxy) is 3. The molecule has 2 heterocycles. The van der Waals surface area contributed by atoms with Crippen LogP contribution in [0.15, 0.2) is 112 Å². The molecule has 0 radical (unpaired) electrons. The van der Waals surface area contributed by atoms with E-state index < -0.39 is 12.0 Å². The molecular weight excluding hydrogens is 655 g/mol. The Labute approximate surface area is 285 Å². The Balaban J connectivity index is 1.50. The van der Waals surface area contributed by atoms with Gasteiger partial charge in [0.1, 0.15) is 18.1 Å². The molecule has 238 valence electrons. The highest BCUT2D eigenvalue weighted by atomic mass is 35.5. The van der Waals surface area contributed by atoms with Crippen LogP contribution in [0.1, 0.15) is 42.1 Å². The molecule has 6 rings (SSSR count). The van der Waals surface area contributed by atoms with E-state index in [0.29, 0.717) is 48.7 Å². The molecule has 0 saturated heterocycles. The first-order valence-corrected chi connectivity index (χ1v) is 16.6. The van der Waals surface area contributed by atoms with Crippen LogP contribution in [0.3, 0.4) is 0 Å².